The first-order valence-electron chi connectivity index (χ1n) is 10.3. The second kappa shape index (κ2) is 8.84. The summed E-state index contributed by atoms with van der Waals surface area (Å²) in [6.07, 6.45) is -4.53. The maximum absolute atomic E-state index is 13.6. The molecule has 4 aromatic carbocycles. The van der Waals surface area contributed by atoms with E-state index in [-0.39, 0.29) is 5.56 Å². The molecule has 4 rings (SSSR count). The van der Waals surface area contributed by atoms with E-state index >= 15 is 0 Å². The molecule has 0 aliphatic heterocycles. The Balaban J connectivity index is 1.80. The van der Waals surface area contributed by atoms with Crippen molar-refractivity contribution in [3.05, 3.63) is 114 Å². The van der Waals surface area contributed by atoms with Crippen LogP contribution in [0.2, 0.25) is 0 Å². The molecular weight excluding hydrogens is 423 g/mol. The van der Waals surface area contributed by atoms with E-state index < -0.39 is 23.1 Å². The van der Waals surface area contributed by atoms with Gasteiger partial charge in [0.05, 0.1) is 5.56 Å². The average molecular weight is 443 g/mol. The van der Waals surface area contributed by atoms with Crippen molar-refractivity contribution in [1.82, 2.24) is 0 Å². The lowest BCUT2D eigenvalue weighted by Crippen LogP contribution is -2.36. The van der Waals surface area contributed by atoms with E-state index in [1.54, 1.807) is 25.1 Å². The molecule has 0 aromatic heterocycles. The Labute approximate surface area is 190 Å². The van der Waals surface area contributed by atoms with Crippen molar-refractivity contribution in [3.63, 3.8) is 0 Å². The van der Waals surface area contributed by atoms with Crippen molar-refractivity contribution in [2.24, 2.45) is 0 Å². The van der Waals surface area contributed by atoms with Gasteiger partial charge in [0.1, 0.15) is 5.41 Å². The zero-order valence-electron chi connectivity index (χ0n) is 17.8. The maximum atomic E-state index is 13.6. The lowest BCUT2D eigenvalue weighted by Gasteiger charge is -2.25. The van der Waals surface area contributed by atoms with Crippen LogP contribution in [-0.4, -0.2) is 5.91 Å². The normalized spacial score (nSPS) is 13.0. The van der Waals surface area contributed by atoms with Gasteiger partial charge in [-0.3, -0.25) is 4.79 Å². The predicted molar refractivity (Wildman–Crippen MR) is 125 cm³/mol. The molecule has 0 aliphatic rings. The van der Waals surface area contributed by atoms with Crippen LogP contribution in [0.1, 0.15) is 23.6 Å². The fourth-order valence-corrected chi connectivity index (χ4v) is 3.57. The average Bonchev–Trinajstić information content (AvgIpc) is 2.83. The Morgan fingerprint density at radius 3 is 2.18 bits per heavy atom. The molecule has 0 heterocycles. The van der Waals surface area contributed by atoms with E-state index in [4.69, 9.17) is 0 Å². The van der Waals surface area contributed by atoms with E-state index in [1.807, 2.05) is 54.6 Å². The van der Waals surface area contributed by atoms with Crippen molar-refractivity contribution in [1.29, 1.82) is 0 Å². The summed E-state index contributed by atoms with van der Waals surface area (Å²) in [6, 6.07) is 26.8. The highest BCUT2D eigenvalue weighted by Gasteiger charge is 2.37. The second-order valence-corrected chi connectivity index (χ2v) is 7.80. The molecule has 0 bridgehead atoms. The first-order valence-corrected chi connectivity index (χ1v) is 10.3. The summed E-state index contributed by atoms with van der Waals surface area (Å²) in [5, 5.41) is 4.66. The van der Waals surface area contributed by atoms with Crippen molar-refractivity contribution < 1.29 is 18.0 Å². The molecule has 0 saturated heterocycles. The molecule has 1 atom stereocenters. The molecule has 0 radical (unpaired) electrons. The maximum Gasteiger partial charge on any atom is 0.416 e. The van der Waals surface area contributed by atoms with E-state index in [0.29, 0.717) is 11.3 Å². The highest BCUT2D eigenvalue weighted by molar-refractivity contribution is 6.07. The van der Waals surface area contributed by atoms with Crippen molar-refractivity contribution in [2.45, 2.75) is 18.5 Å². The summed E-state index contributed by atoms with van der Waals surface area (Å²) < 4.78 is 40.2. The first-order chi connectivity index (χ1) is 15.8. The molecule has 1 N–H and O–H groups in total. The minimum atomic E-state index is -4.53. The van der Waals surface area contributed by atoms with Gasteiger partial charge in [-0.1, -0.05) is 78.6 Å². The van der Waals surface area contributed by atoms with Gasteiger partial charge in [-0.15, -0.1) is 0 Å². The lowest BCUT2D eigenvalue weighted by molar-refractivity contribution is -0.137. The summed E-state index contributed by atoms with van der Waals surface area (Å²) in [5.41, 5.74) is -0.968. The summed E-state index contributed by atoms with van der Waals surface area (Å²) in [6.45, 7) is 1.54. The van der Waals surface area contributed by atoms with Crippen LogP contribution in [0, 0.1) is 11.8 Å². The third-order valence-electron chi connectivity index (χ3n) is 5.49. The smallest absolute Gasteiger partial charge is 0.324 e. The number of fused-ring (bicyclic) bond motifs is 1. The number of carbonyl (C=O) groups excluding carboxylic acids is 1. The van der Waals surface area contributed by atoms with Gasteiger partial charge in [0.15, 0.2) is 0 Å². The van der Waals surface area contributed by atoms with Gasteiger partial charge in [0.25, 0.3) is 0 Å². The predicted octanol–water partition coefficient (Wildman–Crippen LogP) is 6.81. The number of alkyl halides is 3. The van der Waals surface area contributed by atoms with Gasteiger partial charge in [0.2, 0.25) is 5.91 Å². The Hall–Kier alpha value is -4.04. The van der Waals surface area contributed by atoms with E-state index in [9.17, 15) is 18.0 Å². The molecule has 5 heteroatoms. The number of amides is 1. The number of anilines is 1. The third kappa shape index (κ3) is 4.75. The number of nitrogens with one attached hydrogen (secondary N) is 1. The third-order valence-corrected chi connectivity index (χ3v) is 5.49. The fourth-order valence-electron chi connectivity index (χ4n) is 3.57. The van der Waals surface area contributed by atoms with Gasteiger partial charge in [0, 0.05) is 16.6 Å². The van der Waals surface area contributed by atoms with Crippen molar-refractivity contribution in [2.75, 3.05) is 5.32 Å². The Morgan fingerprint density at radius 2 is 1.42 bits per heavy atom. The minimum Gasteiger partial charge on any atom is -0.324 e. The number of hydrogen-bond donors (Lipinski definition) is 1. The van der Waals surface area contributed by atoms with E-state index in [2.05, 4.69) is 17.2 Å². The van der Waals surface area contributed by atoms with Gasteiger partial charge < -0.3 is 5.32 Å². The molecule has 0 fully saturated rings. The molecule has 4 aromatic rings. The van der Waals surface area contributed by atoms with Crippen LogP contribution in [0.5, 0.6) is 0 Å². The summed E-state index contributed by atoms with van der Waals surface area (Å²) in [5.74, 6) is 5.39. The van der Waals surface area contributed by atoms with Crippen LogP contribution < -0.4 is 5.32 Å². The molecule has 0 spiro atoms. The zero-order valence-corrected chi connectivity index (χ0v) is 17.8. The minimum absolute atomic E-state index is 0.165. The van der Waals surface area contributed by atoms with Crippen LogP contribution in [0.25, 0.3) is 10.8 Å². The Bertz CT molecular complexity index is 1360. The number of benzene rings is 4. The molecule has 0 unspecified atom stereocenters. The number of rotatable bonds is 3. The van der Waals surface area contributed by atoms with Crippen LogP contribution in [-0.2, 0) is 16.4 Å². The van der Waals surface area contributed by atoms with Crippen molar-refractivity contribution in [3.8, 4) is 11.8 Å². The Morgan fingerprint density at radius 1 is 0.788 bits per heavy atom. The zero-order chi connectivity index (χ0) is 23.5. The summed E-state index contributed by atoms with van der Waals surface area (Å²) in [4.78, 5) is 13.6. The number of carbonyl (C=O) groups is 1. The molecule has 2 nitrogen and oxygen atoms in total. The van der Waals surface area contributed by atoms with E-state index in [1.165, 1.54) is 12.1 Å². The van der Waals surface area contributed by atoms with Crippen LogP contribution in [0.15, 0.2) is 97.1 Å². The quantitative estimate of drug-likeness (QED) is 0.347. The van der Waals surface area contributed by atoms with Crippen LogP contribution in [0.3, 0.4) is 0 Å². The molecular formula is C28H20F3NO. The molecule has 1 amide bonds. The van der Waals surface area contributed by atoms with Gasteiger partial charge in [-0.2, -0.15) is 13.2 Å². The van der Waals surface area contributed by atoms with Gasteiger partial charge in [-0.05, 0) is 48.2 Å². The van der Waals surface area contributed by atoms with Gasteiger partial charge >= 0.3 is 6.18 Å². The molecule has 164 valence electrons. The monoisotopic (exact) mass is 443 g/mol. The largest absolute Gasteiger partial charge is 0.416 e. The lowest BCUT2D eigenvalue weighted by atomic mass is 9.81. The SMILES string of the molecule is C[C@](C#Cc1ccccc1)(C(=O)Nc1cccc2ccccc12)c1cccc(C(F)(F)F)c1. The summed E-state index contributed by atoms with van der Waals surface area (Å²) >= 11 is 0. The fraction of sp³-hybridized carbons (Fsp3) is 0.107. The topological polar surface area (TPSA) is 29.1 Å². The number of hydrogen-bond acceptors (Lipinski definition) is 1. The van der Waals surface area contributed by atoms with Crippen molar-refractivity contribution >= 4 is 22.4 Å². The molecule has 0 aliphatic carbocycles. The second-order valence-electron chi connectivity index (χ2n) is 7.80. The highest BCUT2D eigenvalue weighted by Crippen LogP contribution is 2.34. The standard InChI is InChI=1S/C28H20F3NO/c1-27(18-17-20-9-3-2-4-10-20,22-13-8-14-23(19-22)28(29,30)31)26(33)32-25-16-7-12-21-11-5-6-15-24(21)25/h2-16,19H,1H3,(H,32,33)/t27-/m1/s1. The number of halogens is 3. The highest BCUT2D eigenvalue weighted by atomic mass is 19.4. The molecule has 33 heavy (non-hydrogen) atoms. The first kappa shape index (κ1) is 22.2. The van der Waals surface area contributed by atoms with E-state index in [0.717, 1.165) is 22.9 Å². The Kier molecular flexibility index (Phi) is 5.93. The molecule has 0 saturated carbocycles. The van der Waals surface area contributed by atoms with Gasteiger partial charge in [-0.25, -0.2) is 0 Å². The van der Waals surface area contributed by atoms with Crippen LogP contribution in [0.4, 0.5) is 18.9 Å². The summed E-state index contributed by atoms with van der Waals surface area (Å²) in [7, 11) is 0. The van der Waals surface area contributed by atoms with Crippen LogP contribution >= 0.6 is 0 Å².